The molecule has 0 aromatic heterocycles. The number of anilines is 1. The lowest BCUT2D eigenvalue weighted by Gasteiger charge is -2.30. The molecule has 1 N–H and O–H groups in total. The van der Waals surface area contributed by atoms with Crippen LogP contribution in [-0.4, -0.2) is 50.1 Å². The Morgan fingerprint density at radius 1 is 1.12 bits per heavy atom. The summed E-state index contributed by atoms with van der Waals surface area (Å²) >= 11 is 6.15. The first kappa shape index (κ1) is 24.9. The average Bonchev–Trinajstić information content (AvgIpc) is 2.77. The highest BCUT2D eigenvalue weighted by Crippen LogP contribution is 2.29. The normalized spacial score (nSPS) is 16.8. The van der Waals surface area contributed by atoms with Gasteiger partial charge in [-0.3, -0.25) is 9.59 Å². The highest BCUT2D eigenvalue weighted by atomic mass is 35.5. The lowest BCUT2D eigenvalue weighted by molar-refractivity contribution is -0.114. The minimum atomic E-state index is -3.87. The number of sulfonamides is 1. The fourth-order valence-corrected chi connectivity index (χ4v) is 5.67. The second-order valence-electron chi connectivity index (χ2n) is 8.01. The summed E-state index contributed by atoms with van der Waals surface area (Å²) < 4.78 is 32.6. The second-order valence-corrected chi connectivity index (χ2v) is 10.3. The standard InChI is InChI=1S/C23H25ClN2O6S/c1-15-4-3-11-26(13-15)33(30,31)22-12-18(7-10-20(22)24)23(29)32-14-21(28)17-5-8-19(9-6-17)25-16(2)27/h5-10,12,15H,3-4,11,13-14H2,1-2H3,(H,25,27). The van der Waals surface area contributed by atoms with Crippen LogP contribution in [0.5, 0.6) is 0 Å². The summed E-state index contributed by atoms with van der Waals surface area (Å²) in [6.45, 7) is 3.63. The molecule has 0 radical (unpaired) electrons. The van der Waals surface area contributed by atoms with Gasteiger partial charge in [0.25, 0.3) is 0 Å². The molecule has 1 aliphatic heterocycles. The smallest absolute Gasteiger partial charge is 0.338 e. The van der Waals surface area contributed by atoms with Crippen molar-refractivity contribution in [2.45, 2.75) is 31.6 Å². The second kappa shape index (κ2) is 10.5. The number of Topliss-reactive ketones (excluding diaryl/α,β-unsaturated/α-hetero) is 1. The number of amides is 1. The van der Waals surface area contributed by atoms with Crippen molar-refractivity contribution in [1.29, 1.82) is 0 Å². The molecule has 2 aromatic rings. The zero-order chi connectivity index (χ0) is 24.2. The summed E-state index contributed by atoms with van der Waals surface area (Å²) in [7, 11) is -3.87. The lowest BCUT2D eigenvalue weighted by Crippen LogP contribution is -2.39. The van der Waals surface area contributed by atoms with E-state index in [9.17, 15) is 22.8 Å². The number of nitrogens with one attached hydrogen (secondary N) is 1. The Labute approximate surface area is 197 Å². The van der Waals surface area contributed by atoms with Crippen LogP contribution in [0.4, 0.5) is 5.69 Å². The Kier molecular flexibility index (Phi) is 7.88. The van der Waals surface area contributed by atoms with Crippen LogP contribution in [0, 0.1) is 5.92 Å². The fourth-order valence-electron chi connectivity index (χ4n) is 3.57. The predicted octanol–water partition coefficient (Wildman–Crippen LogP) is 3.76. The van der Waals surface area contributed by atoms with Gasteiger partial charge in [0.05, 0.1) is 10.6 Å². The summed E-state index contributed by atoms with van der Waals surface area (Å²) in [5.41, 5.74) is 0.821. The number of ketones is 1. The minimum absolute atomic E-state index is 0.0140. The van der Waals surface area contributed by atoms with E-state index >= 15 is 0 Å². The summed E-state index contributed by atoms with van der Waals surface area (Å²) in [5.74, 6) is -1.28. The molecular formula is C23H25ClN2O6S. The number of hydrogen-bond acceptors (Lipinski definition) is 6. The van der Waals surface area contributed by atoms with E-state index in [0.29, 0.717) is 24.3 Å². The van der Waals surface area contributed by atoms with Crippen molar-refractivity contribution >= 4 is 45.0 Å². The third-order valence-electron chi connectivity index (χ3n) is 5.27. The quantitative estimate of drug-likeness (QED) is 0.465. The Balaban J connectivity index is 1.69. The molecule has 1 atom stereocenters. The van der Waals surface area contributed by atoms with Crippen molar-refractivity contribution in [3.63, 3.8) is 0 Å². The van der Waals surface area contributed by atoms with Crippen LogP contribution >= 0.6 is 11.6 Å². The van der Waals surface area contributed by atoms with Gasteiger partial charge < -0.3 is 10.1 Å². The van der Waals surface area contributed by atoms with Crippen LogP contribution in [-0.2, 0) is 19.6 Å². The largest absolute Gasteiger partial charge is 0.454 e. The highest BCUT2D eigenvalue weighted by Gasteiger charge is 2.31. The Morgan fingerprint density at radius 3 is 2.42 bits per heavy atom. The first-order valence-corrected chi connectivity index (χ1v) is 12.3. The van der Waals surface area contributed by atoms with Gasteiger partial charge in [0, 0.05) is 31.3 Å². The van der Waals surface area contributed by atoms with Crippen molar-refractivity contribution in [1.82, 2.24) is 4.31 Å². The maximum Gasteiger partial charge on any atom is 0.338 e. The van der Waals surface area contributed by atoms with Crippen molar-refractivity contribution in [3.05, 3.63) is 58.6 Å². The summed E-state index contributed by atoms with van der Waals surface area (Å²) in [4.78, 5) is 35.8. The van der Waals surface area contributed by atoms with E-state index in [2.05, 4.69) is 5.32 Å². The van der Waals surface area contributed by atoms with Crippen molar-refractivity contribution < 1.29 is 27.5 Å². The van der Waals surface area contributed by atoms with Crippen LogP contribution < -0.4 is 5.32 Å². The monoisotopic (exact) mass is 492 g/mol. The van der Waals surface area contributed by atoms with Gasteiger partial charge in [0.2, 0.25) is 15.9 Å². The number of halogens is 1. The van der Waals surface area contributed by atoms with E-state index in [-0.39, 0.29) is 27.3 Å². The Morgan fingerprint density at radius 2 is 1.79 bits per heavy atom. The Bertz CT molecular complexity index is 1160. The first-order chi connectivity index (χ1) is 15.6. The number of carbonyl (C=O) groups is 3. The lowest BCUT2D eigenvalue weighted by atomic mass is 10.0. The molecular weight excluding hydrogens is 468 g/mol. The van der Waals surface area contributed by atoms with Gasteiger partial charge in [-0.1, -0.05) is 18.5 Å². The van der Waals surface area contributed by atoms with Crippen LogP contribution in [0.3, 0.4) is 0 Å². The van der Waals surface area contributed by atoms with E-state index in [1.54, 1.807) is 12.1 Å². The third kappa shape index (κ3) is 6.19. The Hall–Kier alpha value is -2.75. The SMILES string of the molecule is CC(=O)Nc1ccc(C(=O)COC(=O)c2ccc(Cl)c(S(=O)(=O)N3CCCC(C)C3)c2)cc1. The maximum absolute atomic E-state index is 13.1. The molecule has 1 saturated heterocycles. The molecule has 0 aliphatic carbocycles. The van der Waals surface area contributed by atoms with E-state index in [1.807, 2.05) is 6.92 Å². The summed E-state index contributed by atoms with van der Waals surface area (Å²) in [6.07, 6.45) is 1.71. The molecule has 3 rings (SSSR count). The van der Waals surface area contributed by atoms with Gasteiger partial charge in [0.1, 0.15) is 4.90 Å². The molecule has 1 fully saturated rings. The van der Waals surface area contributed by atoms with Crippen LogP contribution in [0.25, 0.3) is 0 Å². The molecule has 0 saturated carbocycles. The molecule has 33 heavy (non-hydrogen) atoms. The van der Waals surface area contributed by atoms with E-state index in [4.69, 9.17) is 16.3 Å². The van der Waals surface area contributed by atoms with Gasteiger partial charge in [-0.15, -0.1) is 0 Å². The molecule has 8 nitrogen and oxygen atoms in total. The van der Waals surface area contributed by atoms with Gasteiger partial charge in [-0.2, -0.15) is 4.31 Å². The third-order valence-corrected chi connectivity index (χ3v) is 7.61. The predicted molar refractivity (Wildman–Crippen MR) is 124 cm³/mol. The van der Waals surface area contributed by atoms with E-state index in [1.165, 1.54) is 41.6 Å². The van der Waals surface area contributed by atoms with Crippen LogP contribution in [0.2, 0.25) is 5.02 Å². The van der Waals surface area contributed by atoms with Crippen molar-refractivity contribution in [2.24, 2.45) is 5.92 Å². The number of piperidine rings is 1. The zero-order valence-corrected chi connectivity index (χ0v) is 19.9. The van der Waals surface area contributed by atoms with E-state index in [0.717, 1.165) is 12.8 Å². The molecule has 1 unspecified atom stereocenters. The number of hydrogen-bond donors (Lipinski definition) is 1. The summed E-state index contributed by atoms with van der Waals surface area (Å²) in [5, 5.41) is 2.61. The number of nitrogens with zero attached hydrogens (tertiary/aromatic N) is 1. The molecule has 1 aliphatic rings. The zero-order valence-electron chi connectivity index (χ0n) is 18.3. The number of rotatable bonds is 7. The van der Waals surface area contributed by atoms with Gasteiger partial charge in [-0.25, -0.2) is 13.2 Å². The number of esters is 1. The molecule has 0 spiro atoms. The fraction of sp³-hybridized carbons (Fsp3) is 0.348. The molecule has 1 amide bonds. The number of carbonyl (C=O) groups excluding carboxylic acids is 3. The molecule has 2 aromatic carbocycles. The van der Waals surface area contributed by atoms with Crippen molar-refractivity contribution in [2.75, 3.05) is 25.0 Å². The summed E-state index contributed by atoms with van der Waals surface area (Å²) in [6, 6.07) is 10.0. The molecule has 176 valence electrons. The van der Waals surface area contributed by atoms with Gasteiger partial charge in [0.15, 0.2) is 12.4 Å². The number of ether oxygens (including phenoxy) is 1. The molecule has 0 bridgehead atoms. The van der Waals surface area contributed by atoms with Gasteiger partial charge in [-0.05, 0) is 61.2 Å². The van der Waals surface area contributed by atoms with Crippen LogP contribution in [0.15, 0.2) is 47.4 Å². The first-order valence-electron chi connectivity index (χ1n) is 10.5. The topological polar surface area (TPSA) is 110 Å². The van der Waals surface area contributed by atoms with Crippen LogP contribution in [0.1, 0.15) is 47.4 Å². The van der Waals surface area contributed by atoms with E-state index < -0.39 is 28.4 Å². The molecule has 10 heteroatoms. The van der Waals surface area contributed by atoms with Crippen molar-refractivity contribution in [3.8, 4) is 0 Å². The maximum atomic E-state index is 13.1. The highest BCUT2D eigenvalue weighted by molar-refractivity contribution is 7.89. The minimum Gasteiger partial charge on any atom is -0.454 e. The molecule has 1 heterocycles. The average molecular weight is 493 g/mol. The van der Waals surface area contributed by atoms with Gasteiger partial charge >= 0.3 is 5.97 Å². The number of benzene rings is 2.